The zero-order valence-electron chi connectivity index (χ0n) is 18.5. The third-order valence-electron chi connectivity index (χ3n) is 4.88. The zero-order valence-corrected chi connectivity index (χ0v) is 20.9. The lowest BCUT2D eigenvalue weighted by molar-refractivity contribution is -0.115. The van der Waals surface area contributed by atoms with Crippen molar-refractivity contribution in [2.45, 2.75) is 6.92 Å². The van der Waals surface area contributed by atoms with Gasteiger partial charge in [-0.15, -0.1) is 0 Å². The minimum absolute atomic E-state index is 0.118. The average molecular weight is 550 g/mol. The van der Waals surface area contributed by atoms with Crippen molar-refractivity contribution >= 4 is 62.5 Å². The molecule has 2 heterocycles. The van der Waals surface area contributed by atoms with Crippen molar-refractivity contribution in [1.29, 1.82) is 0 Å². The van der Waals surface area contributed by atoms with E-state index in [1.54, 1.807) is 36.4 Å². The monoisotopic (exact) mass is 549 g/mol. The number of carbonyl (C=O) groups is 2. The van der Waals surface area contributed by atoms with Crippen LogP contribution in [0, 0.1) is 6.92 Å². The van der Waals surface area contributed by atoms with Gasteiger partial charge in [0.05, 0.1) is 6.26 Å². The van der Waals surface area contributed by atoms with Gasteiger partial charge in [-0.25, -0.2) is 0 Å². The molecule has 35 heavy (non-hydrogen) atoms. The number of aryl methyl sites for hydroxylation is 1. The highest BCUT2D eigenvalue weighted by Crippen LogP contribution is 2.24. The second kappa shape index (κ2) is 11.0. The van der Waals surface area contributed by atoms with Crippen molar-refractivity contribution < 1.29 is 18.4 Å². The largest absolute Gasteiger partial charge is 0.459 e. The maximum absolute atomic E-state index is 12.3. The number of furan rings is 2. The lowest BCUT2D eigenvalue weighted by atomic mass is 10.2. The second-order valence-electron chi connectivity index (χ2n) is 7.45. The molecule has 0 fully saturated rings. The predicted molar refractivity (Wildman–Crippen MR) is 143 cm³/mol. The van der Waals surface area contributed by atoms with Crippen LogP contribution in [-0.2, 0) is 4.79 Å². The molecular formula is C26H20BrN3O4S. The van der Waals surface area contributed by atoms with Crippen LogP contribution in [0.5, 0.6) is 0 Å². The van der Waals surface area contributed by atoms with Gasteiger partial charge in [-0.3, -0.25) is 14.9 Å². The molecule has 0 bridgehead atoms. The second-order valence-corrected chi connectivity index (χ2v) is 8.77. The van der Waals surface area contributed by atoms with Crippen molar-refractivity contribution in [1.82, 2.24) is 5.32 Å². The number of benzene rings is 2. The Kier molecular flexibility index (Phi) is 7.59. The fraction of sp³-hybridized carbons (Fsp3) is 0.0385. The van der Waals surface area contributed by atoms with Gasteiger partial charge in [0.1, 0.15) is 11.5 Å². The van der Waals surface area contributed by atoms with Gasteiger partial charge in [0.25, 0.3) is 5.91 Å². The van der Waals surface area contributed by atoms with Crippen LogP contribution in [-0.4, -0.2) is 16.9 Å². The van der Waals surface area contributed by atoms with Crippen LogP contribution in [0.15, 0.2) is 92.4 Å². The molecule has 2 aromatic carbocycles. The molecule has 0 aliphatic rings. The summed E-state index contributed by atoms with van der Waals surface area (Å²) in [5.41, 5.74) is 3.00. The van der Waals surface area contributed by atoms with Crippen molar-refractivity contribution in [2.75, 3.05) is 10.6 Å². The molecule has 9 heteroatoms. The van der Waals surface area contributed by atoms with Crippen LogP contribution in [0.25, 0.3) is 17.4 Å². The normalized spacial score (nSPS) is 10.8. The smallest absolute Gasteiger partial charge is 0.291 e. The SMILES string of the molecule is Cc1ccc(NC(=O)c2ccco2)cc1NC(=S)NC(=O)/C=C/c1ccc(-c2ccc(Br)cc2)o1. The zero-order chi connectivity index (χ0) is 24.8. The molecule has 3 N–H and O–H groups in total. The van der Waals surface area contributed by atoms with E-state index in [9.17, 15) is 9.59 Å². The molecule has 2 amide bonds. The topological polar surface area (TPSA) is 96.5 Å². The summed E-state index contributed by atoms with van der Waals surface area (Å²) in [6.07, 6.45) is 4.33. The lowest BCUT2D eigenvalue weighted by Gasteiger charge is -2.13. The minimum atomic E-state index is -0.413. The van der Waals surface area contributed by atoms with E-state index >= 15 is 0 Å². The van der Waals surface area contributed by atoms with Crippen LogP contribution in [0.2, 0.25) is 0 Å². The van der Waals surface area contributed by atoms with Crippen molar-refractivity contribution in [2.24, 2.45) is 0 Å². The third-order valence-corrected chi connectivity index (χ3v) is 5.61. The van der Waals surface area contributed by atoms with E-state index in [1.165, 1.54) is 12.3 Å². The summed E-state index contributed by atoms with van der Waals surface area (Å²) >= 11 is 8.68. The lowest BCUT2D eigenvalue weighted by Crippen LogP contribution is -2.33. The van der Waals surface area contributed by atoms with Gasteiger partial charge in [0.15, 0.2) is 10.9 Å². The number of thiocarbonyl (C=S) groups is 1. The van der Waals surface area contributed by atoms with E-state index in [-0.39, 0.29) is 16.8 Å². The molecule has 7 nitrogen and oxygen atoms in total. The highest BCUT2D eigenvalue weighted by molar-refractivity contribution is 9.10. The Balaban J connectivity index is 1.33. The van der Waals surface area contributed by atoms with Crippen LogP contribution in [0.1, 0.15) is 21.9 Å². The standard InChI is InChI=1S/C26H20BrN3O4S/c1-16-4-9-19(28-25(32)23-3-2-14-33-23)15-21(16)29-26(35)30-24(31)13-11-20-10-12-22(34-20)17-5-7-18(27)8-6-17/h2-15H,1H3,(H,28,32)(H2,29,30,31,35)/b13-11+. The molecule has 0 unspecified atom stereocenters. The highest BCUT2D eigenvalue weighted by atomic mass is 79.9. The van der Waals surface area contributed by atoms with Crippen LogP contribution >= 0.6 is 28.1 Å². The van der Waals surface area contributed by atoms with Crippen LogP contribution < -0.4 is 16.0 Å². The summed E-state index contributed by atoms with van der Waals surface area (Å²) in [6.45, 7) is 1.88. The first-order valence-electron chi connectivity index (χ1n) is 10.5. The number of hydrogen-bond acceptors (Lipinski definition) is 5. The van der Waals surface area contributed by atoms with E-state index in [2.05, 4.69) is 31.9 Å². The average Bonchev–Trinajstić information content (AvgIpc) is 3.53. The van der Waals surface area contributed by atoms with Gasteiger partial charge in [-0.2, -0.15) is 0 Å². The van der Waals surface area contributed by atoms with Crippen LogP contribution in [0.4, 0.5) is 11.4 Å². The number of carbonyl (C=O) groups excluding carboxylic acids is 2. The third kappa shape index (κ3) is 6.56. The Morgan fingerprint density at radius 1 is 1.00 bits per heavy atom. The summed E-state index contributed by atoms with van der Waals surface area (Å²) in [5, 5.41) is 8.45. The maximum Gasteiger partial charge on any atom is 0.291 e. The Hall–Kier alpha value is -3.95. The van der Waals surface area contributed by atoms with Gasteiger partial charge >= 0.3 is 0 Å². The van der Waals surface area contributed by atoms with Crippen molar-refractivity contribution in [3.05, 3.63) is 101 Å². The first-order chi connectivity index (χ1) is 16.9. The van der Waals surface area contributed by atoms with E-state index < -0.39 is 5.91 Å². The van der Waals surface area contributed by atoms with Crippen LogP contribution in [0.3, 0.4) is 0 Å². The summed E-state index contributed by atoms with van der Waals surface area (Å²) in [5.74, 6) is 0.656. The van der Waals surface area contributed by atoms with Gasteiger partial charge in [-0.05, 0) is 79.3 Å². The molecule has 0 spiro atoms. The fourth-order valence-corrected chi connectivity index (χ4v) is 3.59. The number of nitrogens with one attached hydrogen (secondary N) is 3. The first-order valence-corrected chi connectivity index (χ1v) is 11.7. The number of halogens is 1. The van der Waals surface area contributed by atoms with Gasteiger partial charge in [0.2, 0.25) is 5.91 Å². The quantitative estimate of drug-likeness (QED) is 0.190. The Morgan fingerprint density at radius 2 is 1.80 bits per heavy atom. The van der Waals surface area contributed by atoms with Gasteiger partial charge in [0, 0.05) is 27.5 Å². The number of amides is 2. The summed E-state index contributed by atoms with van der Waals surface area (Å²) in [7, 11) is 0. The minimum Gasteiger partial charge on any atom is -0.459 e. The molecule has 4 rings (SSSR count). The van der Waals surface area contributed by atoms with E-state index in [4.69, 9.17) is 21.1 Å². The Bertz CT molecular complexity index is 1390. The highest BCUT2D eigenvalue weighted by Gasteiger charge is 2.11. The molecule has 0 aliphatic carbocycles. The number of hydrogen-bond donors (Lipinski definition) is 3. The van der Waals surface area contributed by atoms with E-state index in [1.807, 2.05) is 43.3 Å². The molecule has 2 aromatic heterocycles. The van der Waals surface area contributed by atoms with Crippen molar-refractivity contribution in [3.8, 4) is 11.3 Å². The fourth-order valence-electron chi connectivity index (χ4n) is 3.11. The summed E-state index contributed by atoms with van der Waals surface area (Å²) in [6, 6.07) is 19.9. The van der Waals surface area contributed by atoms with E-state index in [0.717, 1.165) is 15.6 Å². The summed E-state index contributed by atoms with van der Waals surface area (Å²) in [4.78, 5) is 24.5. The first kappa shape index (κ1) is 24.2. The summed E-state index contributed by atoms with van der Waals surface area (Å²) < 4.78 is 11.9. The Labute approximate surface area is 215 Å². The van der Waals surface area contributed by atoms with Gasteiger partial charge in [-0.1, -0.05) is 34.1 Å². The Morgan fingerprint density at radius 3 is 2.54 bits per heavy atom. The predicted octanol–water partition coefficient (Wildman–Crippen LogP) is 6.39. The van der Waals surface area contributed by atoms with Gasteiger partial charge < -0.3 is 19.5 Å². The molecule has 0 saturated heterocycles. The molecule has 4 aromatic rings. The van der Waals surface area contributed by atoms with E-state index in [0.29, 0.717) is 22.9 Å². The molecule has 0 aliphatic heterocycles. The maximum atomic E-state index is 12.3. The van der Waals surface area contributed by atoms with Crippen molar-refractivity contribution in [3.63, 3.8) is 0 Å². The number of rotatable bonds is 6. The molecule has 0 saturated carbocycles. The molecule has 0 atom stereocenters. The molecule has 0 radical (unpaired) electrons. The molecule has 176 valence electrons. The molecular weight excluding hydrogens is 530 g/mol. The number of anilines is 2.